The quantitative estimate of drug-likeness (QED) is 0.664. The number of hydrogen-bond acceptors (Lipinski definition) is 3. The predicted molar refractivity (Wildman–Crippen MR) is 99.0 cm³/mol. The molecule has 24 heavy (non-hydrogen) atoms. The molecule has 0 unspecified atom stereocenters. The summed E-state index contributed by atoms with van der Waals surface area (Å²) in [6.07, 6.45) is 6.79. The Balaban J connectivity index is 1.26. The van der Waals surface area contributed by atoms with Gasteiger partial charge in [-0.25, -0.2) is 0 Å². The maximum absolute atomic E-state index is 4.08. The molecule has 1 fully saturated rings. The largest absolute Gasteiger partial charge is 0.382 e. The monoisotopic (exact) mass is 320 g/mol. The molecule has 1 aromatic heterocycles. The van der Waals surface area contributed by atoms with E-state index in [9.17, 15) is 0 Å². The minimum Gasteiger partial charge on any atom is -0.382 e. The number of nitrogens with zero attached hydrogens (tertiary/aromatic N) is 1. The van der Waals surface area contributed by atoms with E-state index in [0.717, 1.165) is 12.1 Å². The second-order valence-electron chi connectivity index (χ2n) is 6.73. The SMILES string of the molecule is c1ccc(CNC2CCC(Nc3ccc4[nH]ncc4c3)CC2)cc1. The molecule has 3 N–H and O–H groups in total. The third-order valence-corrected chi connectivity index (χ3v) is 4.98. The average molecular weight is 320 g/mol. The summed E-state index contributed by atoms with van der Waals surface area (Å²) in [5.41, 5.74) is 3.66. The van der Waals surface area contributed by atoms with Crippen LogP contribution in [0, 0.1) is 0 Å². The molecule has 1 saturated carbocycles. The number of nitrogens with one attached hydrogen (secondary N) is 3. The first-order valence-electron chi connectivity index (χ1n) is 8.84. The first-order chi connectivity index (χ1) is 11.9. The molecule has 4 nitrogen and oxygen atoms in total. The molecule has 1 heterocycles. The molecule has 0 amide bonds. The smallest absolute Gasteiger partial charge is 0.0651 e. The van der Waals surface area contributed by atoms with Crippen molar-refractivity contribution in [3.05, 3.63) is 60.3 Å². The summed E-state index contributed by atoms with van der Waals surface area (Å²) in [4.78, 5) is 0. The van der Waals surface area contributed by atoms with Gasteiger partial charge in [0.25, 0.3) is 0 Å². The molecule has 0 bridgehead atoms. The van der Waals surface area contributed by atoms with Crippen LogP contribution in [0.5, 0.6) is 0 Å². The van der Waals surface area contributed by atoms with Crippen molar-refractivity contribution in [2.24, 2.45) is 0 Å². The van der Waals surface area contributed by atoms with E-state index >= 15 is 0 Å². The van der Waals surface area contributed by atoms with Gasteiger partial charge in [-0.1, -0.05) is 30.3 Å². The average Bonchev–Trinajstić information content (AvgIpc) is 3.10. The Morgan fingerprint density at radius 1 is 0.958 bits per heavy atom. The Hall–Kier alpha value is -2.33. The van der Waals surface area contributed by atoms with E-state index in [2.05, 4.69) is 69.4 Å². The van der Waals surface area contributed by atoms with Gasteiger partial charge in [0.1, 0.15) is 0 Å². The molecule has 0 radical (unpaired) electrons. The lowest BCUT2D eigenvalue weighted by Crippen LogP contribution is -2.36. The van der Waals surface area contributed by atoms with Crippen molar-refractivity contribution in [3.63, 3.8) is 0 Å². The Labute approximate surface area is 142 Å². The highest BCUT2D eigenvalue weighted by Gasteiger charge is 2.20. The molecular weight excluding hydrogens is 296 g/mol. The van der Waals surface area contributed by atoms with Gasteiger partial charge < -0.3 is 10.6 Å². The molecule has 1 aliphatic carbocycles. The first-order valence-corrected chi connectivity index (χ1v) is 8.84. The minimum absolute atomic E-state index is 0.573. The van der Waals surface area contributed by atoms with Crippen molar-refractivity contribution in [3.8, 4) is 0 Å². The van der Waals surface area contributed by atoms with Gasteiger partial charge in [0, 0.05) is 29.7 Å². The van der Waals surface area contributed by atoms with Crippen LogP contribution >= 0.6 is 0 Å². The van der Waals surface area contributed by atoms with Crippen molar-refractivity contribution in [2.45, 2.75) is 44.3 Å². The number of anilines is 1. The van der Waals surface area contributed by atoms with Crippen molar-refractivity contribution in [2.75, 3.05) is 5.32 Å². The Morgan fingerprint density at radius 2 is 1.75 bits per heavy atom. The van der Waals surface area contributed by atoms with E-state index < -0.39 is 0 Å². The molecule has 4 heteroatoms. The van der Waals surface area contributed by atoms with Crippen molar-refractivity contribution in [1.29, 1.82) is 0 Å². The molecule has 1 aliphatic rings. The van der Waals surface area contributed by atoms with Crippen molar-refractivity contribution >= 4 is 16.6 Å². The van der Waals surface area contributed by atoms with Crippen molar-refractivity contribution in [1.82, 2.24) is 15.5 Å². The summed E-state index contributed by atoms with van der Waals surface area (Å²) in [6.45, 7) is 0.973. The summed E-state index contributed by atoms with van der Waals surface area (Å²) in [7, 11) is 0. The third-order valence-electron chi connectivity index (χ3n) is 4.98. The third kappa shape index (κ3) is 3.60. The fourth-order valence-corrected chi connectivity index (χ4v) is 3.57. The second-order valence-corrected chi connectivity index (χ2v) is 6.73. The standard InChI is InChI=1S/C20H24N4/c1-2-4-15(5-3-1)13-21-17-6-8-18(9-7-17)23-19-10-11-20-16(12-19)14-22-24-20/h1-5,10-12,14,17-18,21,23H,6-9,13H2,(H,22,24). The van der Waals surface area contributed by atoms with E-state index in [-0.39, 0.29) is 0 Å². The lowest BCUT2D eigenvalue weighted by Gasteiger charge is -2.30. The fourth-order valence-electron chi connectivity index (χ4n) is 3.57. The van der Waals surface area contributed by atoms with Gasteiger partial charge in [-0.3, -0.25) is 5.10 Å². The summed E-state index contributed by atoms with van der Waals surface area (Å²) in [5, 5.41) is 15.6. The van der Waals surface area contributed by atoms with E-state index in [4.69, 9.17) is 0 Å². The Kier molecular flexibility index (Phi) is 4.47. The van der Waals surface area contributed by atoms with Crippen LogP contribution in [-0.2, 0) is 6.54 Å². The summed E-state index contributed by atoms with van der Waals surface area (Å²) < 4.78 is 0. The fraction of sp³-hybridized carbons (Fsp3) is 0.350. The van der Waals surface area contributed by atoms with Crippen LogP contribution in [0.4, 0.5) is 5.69 Å². The van der Waals surface area contributed by atoms with Gasteiger partial charge in [-0.15, -0.1) is 0 Å². The number of aromatic amines is 1. The van der Waals surface area contributed by atoms with Gasteiger partial charge in [0.2, 0.25) is 0 Å². The first kappa shape index (κ1) is 15.2. The van der Waals surface area contributed by atoms with Crippen LogP contribution in [0.3, 0.4) is 0 Å². The van der Waals surface area contributed by atoms with Gasteiger partial charge in [-0.2, -0.15) is 5.10 Å². The van der Waals surface area contributed by atoms with Crippen LogP contribution in [0.25, 0.3) is 10.9 Å². The number of hydrogen-bond donors (Lipinski definition) is 3. The number of H-pyrrole nitrogens is 1. The van der Waals surface area contributed by atoms with E-state index in [1.165, 1.54) is 42.3 Å². The molecule has 124 valence electrons. The van der Waals surface area contributed by atoms with Crippen LogP contribution in [0.15, 0.2) is 54.7 Å². The highest BCUT2D eigenvalue weighted by Crippen LogP contribution is 2.24. The minimum atomic E-state index is 0.573. The molecule has 0 atom stereocenters. The zero-order valence-corrected chi connectivity index (χ0v) is 13.8. The summed E-state index contributed by atoms with van der Waals surface area (Å²) in [6, 6.07) is 18.3. The topological polar surface area (TPSA) is 52.7 Å². The number of fused-ring (bicyclic) bond motifs is 1. The van der Waals surface area contributed by atoms with Crippen LogP contribution in [0.2, 0.25) is 0 Å². The van der Waals surface area contributed by atoms with Gasteiger partial charge >= 0.3 is 0 Å². The van der Waals surface area contributed by atoms with Gasteiger partial charge in [0.15, 0.2) is 0 Å². The zero-order valence-electron chi connectivity index (χ0n) is 13.8. The highest BCUT2D eigenvalue weighted by molar-refractivity contribution is 5.81. The summed E-state index contributed by atoms with van der Waals surface area (Å²) in [5.74, 6) is 0. The van der Waals surface area contributed by atoms with Gasteiger partial charge in [0.05, 0.1) is 11.7 Å². The van der Waals surface area contributed by atoms with E-state index in [1.54, 1.807) is 0 Å². The summed E-state index contributed by atoms with van der Waals surface area (Å²) >= 11 is 0. The normalized spacial score (nSPS) is 21.0. The molecule has 0 aliphatic heterocycles. The molecule has 4 rings (SSSR count). The Bertz CT molecular complexity index is 772. The predicted octanol–water partition coefficient (Wildman–Crippen LogP) is 4.08. The zero-order chi connectivity index (χ0) is 16.2. The maximum atomic E-state index is 4.08. The van der Waals surface area contributed by atoms with Crippen molar-refractivity contribution < 1.29 is 0 Å². The van der Waals surface area contributed by atoms with E-state index in [1.807, 2.05) is 6.20 Å². The second kappa shape index (κ2) is 7.05. The molecule has 0 saturated heterocycles. The lowest BCUT2D eigenvalue weighted by atomic mass is 9.91. The Morgan fingerprint density at radius 3 is 2.58 bits per heavy atom. The molecule has 2 aromatic carbocycles. The molecular formula is C20H24N4. The highest BCUT2D eigenvalue weighted by atomic mass is 15.1. The van der Waals surface area contributed by atoms with Crippen LogP contribution < -0.4 is 10.6 Å². The molecule has 0 spiro atoms. The van der Waals surface area contributed by atoms with Crippen LogP contribution in [-0.4, -0.2) is 22.3 Å². The maximum Gasteiger partial charge on any atom is 0.0651 e. The number of rotatable bonds is 5. The molecule has 3 aromatic rings. The van der Waals surface area contributed by atoms with E-state index in [0.29, 0.717) is 12.1 Å². The number of benzene rings is 2. The lowest BCUT2D eigenvalue weighted by molar-refractivity contribution is 0.353. The van der Waals surface area contributed by atoms with Crippen LogP contribution in [0.1, 0.15) is 31.2 Å². The number of aromatic nitrogens is 2. The van der Waals surface area contributed by atoms with Gasteiger partial charge in [-0.05, 0) is 49.4 Å².